The first-order valence-electron chi connectivity index (χ1n) is 8.49. The Hall–Kier alpha value is -2.13. The van der Waals surface area contributed by atoms with Gasteiger partial charge in [0.05, 0.1) is 5.56 Å². The Morgan fingerprint density at radius 3 is 2.67 bits per heavy atom. The van der Waals surface area contributed by atoms with Crippen LogP contribution in [0.1, 0.15) is 17.5 Å². The number of alkyl halides is 3. The first-order chi connectivity index (χ1) is 12.8. The van der Waals surface area contributed by atoms with Crippen LogP contribution in [0.25, 0.3) is 0 Å². The van der Waals surface area contributed by atoms with Crippen LogP contribution in [0.15, 0.2) is 35.0 Å². The quantitative estimate of drug-likeness (QED) is 0.761. The van der Waals surface area contributed by atoms with E-state index in [9.17, 15) is 22.4 Å². The van der Waals surface area contributed by atoms with Gasteiger partial charge in [-0.05, 0) is 47.0 Å². The van der Waals surface area contributed by atoms with Gasteiger partial charge in [0.25, 0.3) is 0 Å². The van der Waals surface area contributed by atoms with Crippen LogP contribution in [-0.2, 0) is 12.7 Å². The van der Waals surface area contributed by atoms with E-state index >= 15 is 0 Å². The molecule has 4 nitrogen and oxygen atoms in total. The molecule has 3 rings (SSSR count). The minimum Gasteiger partial charge on any atom is -0.323 e. The fourth-order valence-corrected chi connectivity index (χ4v) is 3.66. The molecule has 0 bridgehead atoms. The summed E-state index contributed by atoms with van der Waals surface area (Å²) in [5, 5.41) is 6.55. The van der Waals surface area contributed by atoms with E-state index in [2.05, 4.69) is 21.7 Å². The number of nitrogens with one attached hydrogen (secondary N) is 1. The number of carbonyl (C=O) groups excluding carboxylic acids is 1. The Morgan fingerprint density at radius 2 is 1.96 bits per heavy atom. The predicted molar refractivity (Wildman–Crippen MR) is 96.2 cm³/mol. The van der Waals surface area contributed by atoms with Gasteiger partial charge in [0.2, 0.25) is 0 Å². The number of urea groups is 1. The zero-order chi connectivity index (χ0) is 19.4. The monoisotopic (exact) mass is 401 g/mol. The number of thiophene rings is 1. The van der Waals surface area contributed by atoms with Crippen LogP contribution in [0.3, 0.4) is 0 Å². The molecule has 146 valence electrons. The third kappa shape index (κ3) is 5.20. The van der Waals surface area contributed by atoms with Gasteiger partial charge < -0.3 is 10.2 Å². The minimum atomic E-state index is -4.81. The molecule has 27 heavy (non-hydrogen) atoms. The van der Waals surface area contributed by atoms with Crippen LogP contribution in [0.5, 0.6) is 0 Å². The van der Waals surface area contributed by atoms with Crippen molar-refractivity contribution >= 4 is 23.1 Å². The van der Waals surface area contributed by atoms with Crippen molar-refractivity contribution in [2.24, 2.45) is 0 Å². The first kappa shape index (κ1) is 19.6. The number of carbonyl (C=O) groups is 1. The molecule has 0 spiro atoms. The number of hydrogen-bond acceptors (Lipinski definition) is 3. The Bertz CT molecular complexity index is 779. The van der Waals surface area contributed by atoms with Gasteiger partial charge in [-0.3, -0.25) is 4.90 Å². The Balaban J connectivity index is 1.60. The lowest BCUT2D eigenvalue weighted by Crippen LogP contribution is -2.38. The third-order valence-corrected chi connectivity index (χ3v) is 5.12. The van der Waals surface area contributed by atoms with Crippen molar-refractivity contribution in [2.45, 2.75) is 19.1 Å². The van der Waals surface area contributed by atoms with Crippen LogP contribution in [0.2, 0.25) is 0 Å². The van der Waals surface area contributed by atoms with Gasteiger partial charge in [-0.25, -0.2) is 9.18 Å². The molecule has 1 N–H and O–H groups in total. The molecule has 0 saturated carbocycles. The molecule has 2 amide bonds. The number of nitrogens with zero attached hydrogens (tertiary/aromatic N) is 2. The van der Waals surface area contributed by atoms with Crippen LogP contribution in [-0.4, -0.2) is 42.0 Å². The number of benzene rings is 1. The van der Waals surface area contributed by atoms with E-state index in [1.165, 1.54) is 5.56 Å². The largest absolute Gasteiger partial charge is 0.419 e. The molecule has 1 aromatic heterocycles. The van der Waals surface area contributed by atoms with Gasteiger partial charge in [-0.15, -0.1) is 0 Å². The lowest BCUT2D eigenvalue weighted by atomic mass is 10.2. The molecule has 1 saturated heterocycles. The zero-order valence-electron chi connectivity index (χ0n) is 14.4. The lowest BCUT2D eigenvalue weighted by Gasteiger charge is -2.22. The maximum absolute atomic E-state index is 13.4. The average Bonchev–Trinajstić information content (AvgIpc) is 2.99. The van der Waals surface area contributed by atoms with Crippen LogP contribution < -0.4 is 5.32 Å². The number of halogens is 4. The Morgan fingerprint density at radius 1 is 1.15 bits per heavy atom. The van der Waals surface area contributed by atoms with Crippen LogP contribution >= 0.6 is 11.3 Å². The number of rotatable bonds is 3. The molecule has 1 aliphatic rings. The van der Waals surface area contributed by atoms with Gasteiger partial charge in [0.15, 0.2) is 0 Å². The molecule has 1 fully saturated rings. The predicted octanol–water partition coefficient (Wildman–Crippen LogP) is 4.65. The van der Waals surface area contributed by atoms with Crippen molar-refractivity contribution in [2.75, 3.05) is 31.5 Å². The van der Waals surface area contributed by atoms with Crippen molar-refractivity contribution in [1.82, 2.24) is 9.80 Å². The molecule has 2 heterocycles. The Kier molecular flexibility index (Phi) is 6.01. The minimum absolute atomic E-state index is 0.0758. The van der Waals surface area contributed by atoms with E-state index in [0.717, 1.165) is 25.6 Å². The maximum Gasteiger partial charge on any atom is 0.419 e. The summed E-state index contributed by atoms with van der Waals surface area (Å²) < 4.78 is 51.8. The molecule has 0 aliphatic carbocycles. The highest BCUT2D eigenvalue weighted by Gasteiger charge is 2.34. The molecule has 9 heteroatoms. The highest BCUT2D eigenvalue weighted by molar-refractivity contribution is 7.07. The fourth-order valence-electron chi connectivity index (χ4n) is 3.00. The second-order valence-electron chi connectivity index (χ2n) is 6.37. The summed E-state index contributed by atoms with van der Waals surface area (Å²) in [6.07, 6.45) is -4.04. The second kappa shape index (κ2) is 8.26. The summed E-state index contributed by atoms with van der Waals surface area (Å²) in [6.45, 7) is 3.32. The smallest absolute Gasteiger partial charge is 0.323 e. The van der Waals surface area contributed by atoms with E-state index in [-0.39, 0.29) is 5.69 Å². The molecule has 0 atom stereocenters. The molecule has 0 unspecified atom stereocenters. The molecule has 2 aromatic rings. The van der Waals surface area contributed by atoms with Gasteiger partial charge in [0.1, 0.15) is 5.82 Å². The van der Waals surface area contributed by atoms with E-state index in [1.54, 1.807) is 16.2 Å². The van der Waals surface area contributed by atoms with Crippen molar-refractivity contribution in [3.8, 4) is 0 Å². The van der Waals surface area contributed by atoms with Gasteiger partial charge >= 0.3 is 12.2 Å². The molecule has 1 aliphatic heterocycles. The third-order valence-electron chi connectivity index (χ3n) is 4.39. The van der Waals surface area contributed by atoms with Gasteiger partial charge in [0, 0.05) is 38.4 Å². The van der Waals surface area contributed by atoms with E-state index in [1.807, 2.05) is 5.38 Å². The van der Waals surface area contributed by atoms with Crippen molar-refractivity contribution < 1.29 is 22.4 Å². The lowest BCUT2D eigenvalue weighted by molar-refractivity contribution is -0.139. The van der Waals surface area contributed by atoms with Crippen molar-refractivity contribution in [3.05, 3.63) is 52.0 Å². The van der Waals surface area contributed by atoms with Crippen molar-refractivity contribution in [3.63, 3.8) is 0 Å². The highest BCUT2D eigenvalue weighted by Crippen LogP contribution is 2.33. The molecule has 0 radical (unpaired) electrons. The topological polar surface area (TPSA) is 35.6 Å². The van der Waals surface area contributed by atoms with E-state index in [4.69, 9.17) is 0 Å². The molecular weight excluding hydrogens is 382 g/mol. The summed E-state index contributed by atoms with van der Waals surface area (Å²) in [6, 6.07) is 4.04. The molecule has 1 aromatic carbocycles. The summed E-state index contributed by atoms with van der Waals surface area (Å²) in [5.74, 6) is -1.36. The highest BCUT2D eigenvalue weighted by atomic mass is 32.1. The van der Waals surface area contributed by atoms with Crippen LogP contribution in [0.4, 0.5) is 28.0 Å². The summed E-state index contributed by atoms with van der Waals surface area (Å²) >= 11 is 1.64. The standard InChI is InChI=1S/C18H19F4N3OS/c19-16-3-2-14(10-15(16)18(20,21)22)23-17(26)25-6-1-5-24(7-8-25)11-13-4-9-27-12-13/h2-4,9-10,12H,1,5-8,11H2,(H,23,26). The van der Waals surface area contributed by atoms with Gasteiger partial charge in [-0.1, -0.05) is 0 Å². The normalized spacial score (nSPS) is 16.2. The van der Waals surface area contributed by atoms with Crippen molar-refractivity contribution in [1.29, 1.82) is 0 Å². The Labute approximate surface area is 158 Å². The fraction of sp³-hybridized carbons (Fsp3) is 0.389. The van der Waals surface area contributed by atoms with E-state index < -0.39 is 23.6 Å². The SMILES string of the molecule is O=C(Nc1ccc(F)c(C(F)(F)F)c1)N1CCCN(Cc2ccsc2)CC1. The number of hydrogen-bond donors (Lipinski definition) is 1. The first-order valence-corrected chi connectivity index (χ1v) is 9.43. The zero-order valence-corrected chi connectivity index (χ0v) is 15.2. The number of anilines is 1. The number of amides is 2. The summed E-state index contributed by atoms with van der Waals surface area (Å²) in [5.41, 5.74) is -0.241. The summed E-state index contributed by atoms with van der Waals surface area (Å²) in [7, 11) is 0. The molecular formula is C18H19F4N3OS. The van der Waals surface area contributed by atoms with Crippen LogP contribution in [0, 0.1) is 5.82 Å². The average molecular weight is 401 g/mol. The van der Waals surface area contributed by atoms with E-state index in [0.29, 0.717) is 31.8 Å². The summed E-state index contributed by atoms with van der Waals surface area (Å²) in [4.78, 5) is 16.2. The second-order valence-corrected chi connectivity index (χ2v) is 7.15. The van der Waals surface area contributed by atoms with Gasteiger partial charge in [-0.2, -0.15) is 24.5 Å². The maximum atomic E-state index is 13.4.